The highest BCUT2D eigenvalue weighted by molar-refractivity contribution is 7.17. The molecule has 4 heterocycles. The third kappa shape index (κ3) is 3.94. The Morgan fingerprint density at radius 2 is 2.07 bits per heavy atom. The zero-order valence-electron chi connectivity index (χ0n) is 16.4. The van der Waals surface area contributed by atoms with Crippen LogP contribution in [-0.4, -0.2) is 52.5 Å². The van der Waals surface area contributed by atoms with Crippen LogP contribution >= 0.6 is 11.3 Å². The van der Waals surface area contributed by atoms with Crippen molar-refractivity contribution in [3.05, 3.63) is 41.2 Å². The molecule has 0 unspecified atom stereocenters. The van der Waals surface area contributed by atoms with Crippen molar-refractivity contribution in [2.75, 3.05) is 25.6 Å². The fraction of sp³-hybridized carbons (Fsp3) is 0.316. The van der Waals surface area contributed by atoms with Crippen molar-refractivity contribution in [1.29, 1.82) is 0 Å². The fourth-order valence-electron chi connectivity index (χ4n) is 2.82. The first kappa shape index (κ1) is 20.1. The molecule has 156 valence electrons. The number of rotatable bonds is 6. The number of methoxy groups -OCH3 is 1. The topological polar surface area (TPSA) is 108 Å². The Bertz CT molecular complexity index is 1100. The molecule has 1 N–H and O–H groups in total. The molecule has 0 radical (unpaired) electrons. The molecular weight excluding hydrogens is 413 g/mol. The highest BCUT2D eigenvalue weighted by Gasteiger charge is 2.24. The zero-order chi connectivity index (χ0) is 21.3. The number of anilines is 1. The van der Waals surface area contributed by atoms with Crippen molar-refractivity contribution in [2.24, 2.45) is 0 Å². The van der Waals surface area contributed by atoms with Crippen LogP contribution in [0.5, 0.6) is 10.9 Å². The standard InChI is InChI=1S/C19H18FN5O4S/c1-9-4-12(15-14(27-3)6-22-10(2)16(15)20)13(5-21-9)17(26)23-18-24-25-19(30-18)29-11-7-28-8-11/h4-6,11H,7-8H2,1-3H3,(H,23,24,26). The molecule has 0 aliphatic carbocycles. The first-order chi connectivity index (χ1) is 14.5. The third-order valence-corrected chi connectivity index (χ3v) is 5.17. The van der Waals surface area contributed by atoms with Crippen LogP contribution in [0.25, 0.3) is 11.1 Å². The summed E-state index contributed by atoms with van der Waals surface area (Å²) in [6.07, 6.45) is 2.75. The van der Waals surface area contributed by atoms with Crippen molar-refractivity contribution in [1.82, 2.24) is 20.2 Å². The minimum absolute atomic E-state index is 0.0558. The number of carbonyl (C=O) groups is 1. The van der Waals surface area contributed by atoms with Crippen LogP contribution in [0.4, 0.5) is 9.52 Å². The average molecular weight is 431 g/mol. The van der Waals surface area contributed by atoms with Crippen LogP contribution in [0.2, 0.25) is 0 Å². The van der Waals surface area contributed by atoms with Gasteiger partial charge < -0.3 is 14.2 Å². The minimum Gasteiger partial charge on any atom is -0.494 e. The van der Waals surface area contributed by atoms with Crippen molar-refractivity contribution in [3.8, 4) is 22.1 Å². The molecule has 0 atom stereocenters. The summed E-state index contributed by atoms with van der Waals surface area (Å²) in [4.78, 5) is 21.1. The van der Waals surface area contributed by atoms with Crippen LogP contribution in [0.3, 0.4) is 0 Å². The van der Waals surface area contributed by atoms with Gasteiger partial charge in [0.1, 0.15) is 11.9 Å². The average Bonchev–Trinajstić information content (AvgIpc) is 3.13. The molecule has 1 fully saturated rings. The lowest BCUT2D eigenvalue weighted by molar-refractivity contribution is -0.0799. The number of aromatic nitrogens is 4. The van der Waals surface area contributed by atoms with Gasteiger partial charge in [0.2, 0.25) is 5.13 Å². The molecule has 0 spiro atoms. The molecule has 0 aromatic carbocycles. The van der Waals surface area contributed by atoms with Gasteiger partial charge in [-0.3, -0.25) is 20.1 Å². The summed E-state index contributed by atoms with van der Waals surface area (Å²) in [5.74, 6) is -0.863. The van der Waals surface area contributed by atoms with E-state index in [-0.39, 0.29) is 33.8 Å². The Kier molecular flexibility index (Phi) is 5.55. The maximum absolute atomic E-state index is 15.0. The molecule has 1 saturated heterocycles. The Labute approximate surface area is 175 Å². The molecule has 30 heavy (non-hydrogen) atoms. The molecule has 1 aliphatic rings. The van der Waals surface area contributed by atoms with Crippen LogP contribution in [0.15, 0.2) is 18.5 Å². The predicted molar refractivity (Wildman–Crippen MR) is 107 cm³/mol. The van der Waals surface area contributed by atoms with Crippen molar-refractivity contribution >= 4 is 22.4 Å². The second-order valence-corrected chi connectivity index (χ2v) is 7.52. The normalized spacial score (nSPS) is 13.6. The number of halogens is 1. The second-order valence-electron chi connectivity index (χ2n) is 6.58. The van der Waals surface area contributed by atoms with E-state index in [1.54, 1.807) is 19.9 Å². The lowest BCUT2D eigenvalue weighted by atomic mass is 9.99. The highest BCUT2D eigenvalue weighted by atomic mass is 32.1. The van der Waals surface area contributed by atoms with Crippen molar-refractivity contribution < 1.29 is 23.4 Å². The van der Waals surface area contributed by atoms with E-state index in [0.29, 0.717) is 29.7 Å². The molecule has 0 saturated carbocycles. The lowest BCUT2D eigenvalue weighted by Gasteiger charge is -2.24. The SMILES string of the molecule is COc1cnc(C)c(F)c1-c1cc(C)ncc1C(=O)Nc1nnc(OC2COC2)s1. The van der Waals surface area contributed by atoms with Crippen molar-refractivity contribution in [2.45, 2.75) is 20.0 Å². The Hall–Kier alpha value is -3.18. The summed E-state index contributed by atoms with van der Waals surface area (Å²) in [5.41, 5.74) is 1.46. The van der Waals surface area contributed by atoms with Crippen LogP contribution in [0, 0.1) is 19.7 Å². The molecule has 1 amide bonds. The maximum Gasteiger partial charge on any atom is 0.296 e. The minimum atomic E-state index is -0.566. The van der Waals surface area contributed by atoms with E-state index in [2.05, 4.69) is 25.5 Å². The lowest BCUT2D eigenvalue weighted by Crippen LogP contribution is -2.38. The van der Waals surface area contributed by atoms with Crippen LogP contribution < -0.4 is 14.8 Å². The molecule has 4 rings (SSSR count). The van der Waals surface area contributed by atoms with E-state index in [0.717, 1.165) is 11.3 Å². The largest absolute Gasteiger partial charge is 0.494 e. The Balaban J connectivity index is 1.66. The second kappa shape index (κ2) is 8.28. The van der Waals surface area contributed by atoms with E-state index in [1.165, 1.54) is 19.5 Å². The number of nitrogens with zero attached hydrogens (tertiary/aromatic N) is 4. The fourth-order valence-corrected chi connectivity index (χ4v) is 3.47. The molecule has 9 nitrogen and oxygen atoms in total. The summed E-state index contributed by atoms with van der Waals surface area (Å²) < 4.78 is 30.9. The summed E-state index contributed by atoms with van der Waals surface area (Å²) in [5, 5.41) is 11.1. The number of hydrogen-bond acceptors (Lipinski definition) is 9. The smallest absolute Gasteiger partial charge is 0.296 e. The van der Waals surface area contributed by atoms with Gasteiger partial charge in [-0.15, -0.1) is 5.10 Å². The van der Waals surface area contributed by atoms with Gasteiger partial charge >= 0.3 is 0 Å². The predicted octanol–water partition coefficient (Wildman–Crippen LogP) is 2.79. The number of carbonyl (C=O) groups excluding carboxylic acids is 1. The molecule has 0 bridgehead atoms. The molecular formula is C19H18FN5O4S. The number of hydrogen-bond donors (Lipinski definition) is 1. The van der Waals surface area contributed by atoms with E-state index in [4.69, 9.17) is 14.2 Å². The molecule has 1 aliphatic heterocycles. The van der Waals surface area contributed by atoms with Crippen LogP contribution in [-0.2, 0) is 4.74 Å². The van der Waals surface area contributed by atoms with Gasteiger partial charge in [-0.2, -0.15) is 0 Å². The molecule has 3 aromatic rings. The number of aryl methyl sites for hydroxylation is 2. The summed E-state index contributed by atoms with van der Waals surface area (Å²) >= 11 is 1.09. The number of ether oxygens (including phenoxy) is 3. The van der Waals surface area contributed by atoms with Gasteiger partial charge in [-0.05, 0) is 31.3 Å². The number of amides is 1. The van der Waals surface area contributed by atoms with Gasteiger partial charge in [-0.1, -0.05) is 5.10 Å². The Morgan fingerprint density at radius 3 is 2.77 bits per heavy atom. The first-order valence-corrected chi connectivity index (χ1v) is 9.83. The Morgan fingerprint density at radius 1 is 1.27 bits per heavy atom. The van der Waals surface area contributed by atoms with Gasteiger partial charge in [0.05, 0.1) is 43.3 Å². The summed E-state index contributed by atoms with van der Waals surface area (Å²) in [7, 11) is 1.42. The third-order valence-electron chi connectivity index (χ3n) is 4.44. The van der Waals surface area contributed by atoms with E-state index >= 15 is 0 Å². The maximum atomic E-state index is 15.0. The first-order valence-electron chi connectivity index (χ1n) is 9.01. The number of nitrogens with one attached hydrogen (secondary N) is 1. The molecule has 3 aromatic heterocycles. The zero-order valence-corrected chi connectivity index (χ0v) is 17.2. The van der Waals surface area contributed by atoms with Gasteiger partial charge in [0.25, 0.3) is 11.1 Å². The molecule has 11 heteroatoms. The van der Waals surface area contributed by atoms with E-state index in [1.807, 2.05) is 0 Å². The summed E-state index contributed by atoms with van der Waals surface area (Å²) in [6, 6.07) is 1.63. The monoisotopic (exact) mass is 431 g/mol. The number of pyridine rings is 2. The summed E-state index contributed by atoms with van der Waals surface area (Å²) in [6.45, 7) is 4.29. The quantitative estimate of drug-likeness (QED) is 0.635. The van der Waals surface area contributed by atoms with Crippen molar-refractivity contribution in [3.63, 3.8) is 0 Å². The van der Waals surface area contributed by atoms with Gasteiger partial charge in [0.15, 0.2) is 5.82 Å². The van der Waals surface area contributed by atoms with Gasteiger partial charge in [-0.25, -0.2) is 4.39 Å². The van der Waals surface area contributed by atoms with Crippen LogP contribution in [0.1, 0.15) is 21.7 Å². The highest BCUT2D eigenvalue weighted by Crippen LogP contribution is 2.36. The van der Waals surface area contributed by atoms with E-state index < -0.39 is 11.7 Å². The van der Waals surface area contributed by atoms with E-state index in [9.17, 15) is 9.18 Å². The van der Waals surface area contributed by atoms with Gasteiger partial charge in [0, 0.05) is 17.5 Å².